The zero-order valence-electron chi connectivity index (χ0n) is 18.6. The van der Waals surface area contributed by atoms with Crippen molar-refractivity contribution in [3.05, 3.63) is 58.1 Å². The number of carboxylic acid groups (broad SMARTS) is 1. The first-order valence-electron chi connectivity index (χ1n) is 11.2. The molecule has 1 unspecified atom stereocenters. The van der Waals surface area contributed by atoms with Crippen molar-refractivity contribution in [2.45, 2.75) is 22.6 Å². The molecule has 9 heteroatoms. The Kier molecular flexibility index (Phi) is 8.42. The summed E-state index contributed by atoms with van der Waals surface area (Å²) in [7, 11) is 0. The predicted molar refractivity (Wildman–Crippen MR) is 136 cm³/mol. The van der Waals surface area contributed by atoms with Gasteiger partial charge in [0.05, 0.1) is 29.2 Å². The van der Waals surface area contributed by atoms with E-state index in [2.05, 4.69) is 4.90 Å². The van der Waals surface area contributed by atoms with E-state index < -0.39 is 5.97 Å². The minimum absolute atomic E-state index is 0.0754. The van der Waals surface area contributed by atoms with Crippen molar-refractivity contribution in [1.29, 1.82) is 0 Å². The van der Waals surface area contributed by atoms with Gasteiger partial charge >= 0.3 is 5.97 Å². The Morgan fingerprint density at radius 1 is 1.09 bits per heavy atom. The van der Waals surface area contributed by atoms with E-state index in [-0.39, 0.29) is 11.8 Å². The fraction of sp³-hybridized carbons (Fsp3) is 0.360. The van der Waals surface area contributed by atoms with Crippen molar-refractivity contribution in [1.82, 2.24) is 4.90 Å². The summed E-state index contributed by atoms with van der Waals surface area (Å²) in [5, 5.41) is 10.2. The molecular formula is C25H26Cl2N2O4S. The van der Waals surface area contributed by atoms with Crippen molar-refractivity contribution < 1.29 is 19.4 Å². The summed E-state index contributed by atoms with van der Waals surface area (Å²) in [5.74, 6) is -1.15. The summed E-state index contributed by atoms with van der Waals surface area (Å²) >= 11 is 14.6. The number of hydrogen-bond acceptors (Lipinski definition) is 5. The zero-order chi connectivity index (χ0) is 24.1. The molecule has 0 aromatic heterocycles. The van der Waals surface area contributed by atoms with Crippen LogP contribution in [0.15, 0.2) is 52.3 Å². The Labute approximate surface area is 213 Å². The van der Waals surface area contributed by atoms with E-state index in [9.17, 15) is 14.7 Å². The molecule has 2 saturated heterocycles. The third-order valence-electron chi connectivity index (χ3n) is 5.99. The lowest BCUT2D eigenvalue weighted by Crippen LogP contribution is -2.39. The topological polar surface area (TPSA) is 70.1 Å². The summed E-state index contributed by atoms with van der Waals surface area (Å²) in [5.41, 5.74) is 1.68. The number of amides is 1. The molecule has 2 aromatic carbocycles. The second-order valence-corrected chi connectivity index (χ2v) is 10.1. The van der Waals surface area contributed by atoms with Crippen molar-refractivity contribution >= 4 is 58.6 Å². The van der Waals surface area contributed by atoms with Crippen molar-refractivity contribution in [3.63, 3.8) is 0 Å². The molecule has 1 amide bonds. The molecular weight excluding hydrogens is 495 g/mol. The first-order valence-corrected chi connectivity index (χ1v) is 12.8. The maximum atomic E-state index is 12.4. The number of halogens is 2. The molecule has 4 rings (SSSR count). The third-order valence-corrected chi connectivity index (χ3v) is 8.04. The molecule has 0 saturated carbocycles. The largest absolute Gasteiger partial charge is 0.481 e. The molecule has 0 bridgehead atoms. The van der Waals surface area contributed by atoms with E-state index in [1.165, 1.54) is 17.8 Å². The minimum Gasteiger partial charge on any atom is -0.481 e. The summed E-state index contributed by atoms with van der Waals surface area (Å²) in [6.07, 6.45) is 4.78. The monoisotopic (exact) mass is 520 g/mol. The van der Waals surface area contributed by atoms with Crippen LogP contribution in [0.1, 0.15) is 18.4 Å². The van der Waals surface area contributed by atoms with E-state index in [0.717, 1.165) is 28.4 Å². The smallest absolute Gasteiger partial charge is 0.308 e. The van der Waals surface area contributed by atoms with E-state index in [4.69, 9.17) is 27.9 Å². The predicted octanol–water partition coefficient (Wildman–Crippen LogP) is 5.32. The van der Waals surface area contributed by atoms with Gasteiger partial charge in [-0.05, 0) is 48.7 Å². The highest BCUT2D eigenvalue weighted by atomic mass is 35.5. The van der Waals surface area contributed by atoms with Crippen LogP contribution in [0.25, 0.3) is 6.08 Å². The van der Waals surface area contributed by atoms with E-state index in [1.54, 1.807) is 11.0 Å². The summed E-state index contributed by atoms with van der Waals surface area (Å²) in [4.78, 5) is 29.4. The Hall–Kier alpha value is -2.19. The third kappa shape index (κ3) is 6.08. The first kappa shape index (κ1) is 24.9. The molecule has 1 N–H and O–H groups in total. The highest BCUT2D eigenvalue weighted by Crippen LogP contribution is 2.40. The number of carbonyl (C=O) groups is 2. The van der Waals surface area contributed by atoms with Crippen molar-refractivity contribution in [2.24, 2.45) is 5.92 Å². The number of piperidine rings is 1. The summed E-state index contributed by atoms with van der Waals surface area (Å²) in [6, 6.07) is 11.8. The van der Waals surface area contributed by atoms with Gasteiger partial charge in [0.1, 0.15) is 0 Å². The summed E-state index contributed by atoms with van der Waals surface area (Å²) < 4.78 is 5.28. The van der Waals surface area contributed by atoms with Gasteiger partial charge in [0, 0.05) is 47.7 Å². The number of aliphatic carboxylic acids is 1. The number of ether oxygens (including phenoxy) is 1. The van der Waals surface area contributed by atoms with Gasteiger partial charge in [-0.25, -0.2) is 0 Å². The van der Waals surface area contributed by atoms with Crippen LogP contribution in [-0.4, -0.2) is 61.3 Å². The average Bonchev–Trinajstić information content (AvgIpc) is 2.87. The number of carboxylic acids is 1. The van der Waals surface area contributed by atoms with E-state index in [1.807, 2.05) is 36.4 Å². The van der Waals surface area contributed by atoms with Gasteiger partial charge < -0.3 is 19.6 Å². The SMILES string of the molecule is O=C(O)C1CCCN(c2cccc(Sc3ccc(C=CC(=O)N4CCOCC4)c(Cl)c3Cl)c2)C1. The lowest BCUT2D eigenvalue weighted by atomic mass is 9.98. The molecule has 2 fully saturated rings. The quantitative estimate of drug-likeness (QED) is 0.520. The van der Waals surface area contributed by atoms with Crippen molar-refractivity contribution in [3.8, 4) is 0 Å². The lowest BCUT2D eigenvalue weighted by Gasteiger charge is -2.32. The van der Waals surface area contributed by atoms with Crippen LogP contribution in [0, 0.1) is 5.92 Å². The normalized spacial score (nSPS) is 18.9. The second-order valence-electron chi connectivity index (χ2n) is 8.27. The lowest BCUT2D eigenvalue weighted by molar-refractivity contribution is -0.142. The minimum atomic E-state index is -0.738. The fourth-order valence-electron chi connectivity index (χ4n) is 4.09. The molecule has 2 heterocycles. The molecule has 1 atom stereocenters. The highest BCUT2D eigenvalue weighted by Gasteiger charge is 2.25. The maximum Gasteiger partial charge on any atom is 0.308 e. The Morgan fingerprint density at radius 3 is 2.65 bits per heavy atom. The van der Waals surface area contributed by atoms with Crippen LogP contribution in [-0.2, 0) is 14.3 Å². The van der Waals surface area contributed by atoms with Gasteiger partial charge in [-0.3, -0.25) is 9.59 Å². The maximum absolute atomic E-state index is 12.4. The highest BCUT2D eigenvalue weighted by molar-refractivity contribution is 7.99. The molecule has 2 aliphatic rings. The first-order chi connectivity index (χ1) is 16.4. The number of benzene rings is 2. The molecule has 6 nitrogen and oxygen atoms in total. The van der Waals surface area contributed by atoms with Crippen LogP contribution in [0.4, 0.5) is 5.69 Å². The Morgan fingerprint density at radius 2 is 1.88 bits per heavy atom. The van der Waals surface area contributed by atoms with Crippen molar-refractivity contribution in [2.75, 3.05) is 44.3 Å². The zero-order valence-corrected chi connectivity index (χ0v) is 20.9. The van der Waals surface area contributed by atoms with Crippen LogP contribution < -0.4 is 4.90 Å². The van der Waals surface area contributed by atoms with Gasteiger partial charge in [0.25, 0.3) is 0 Å². The Bertz CT molecular complexity index is 1090. The Balaban J connectivity index is 1.45. The summed E-state index contributed by atoms with van der Waals surface area (Å²) in [6.45, 7) is 3.63. The molecule has 34 heavy (non-hydrogen) atoms. The number of morpholine rings is 1. The van der Waals surface area contributed by atoms with Gasteiger partial charge in [-0.15, -0.1) is 0 Å². The molecule has 0 radical (unpaired) electrons. The standard InChI is InChI=1S/C25H26Cl2N2O4S/c26-23-17(7-9-22(30)28-11-13-33-14-12-28)6-8-21(24(23)27)34-20-5-1-4-19(15-20)29-10-2-3-18(16-29)25(31)32/h1,4-9,15,18H,2-3,10-14,16H2,(H,31,32). The molecule has 0 aliphatic carbocycles. The van der Waals surface area contributed by atoms with E-state index >= 15 is 0 Å². The van der Waals surface area contributed by atoms with Gasteiger partial charge in [-0.1, -0.05) is 47.1 Å². The van der Waals surface area contributed by atoms with Crippen LogP contribution in [0.2, 0.25) is 10.0 Å². The number of nitrogens with zero attached hydrogens (tertiary/aromatic N) is 2. The second kappa shape index (κ2) is 11.5. The number of anilines is 1. The van der Waals surface area contributed by atoms with Crippen LogP contribution >= 0.6 is 35.0 Å². The van der Waals surface area contributed by atoms with Gasteiger partial charge in [0.15, 0.2) is 0 Å². The van der Waals surface area contributed by atoms with Gasteiger partial charge in [0.2, 0.25) is 5.91 Å². The number of hydrogen-bond donors (Lipinski definition) is 1. The van der Waals surface area contributed by atoms with Crippen LogP contribution in [0.5, 0.6) is 0 Å². The van der Waals surface area contributed by atoms with E-state index in [0.29, 0.717) is 54.9 Å². The number of carbonyl (C=O) groups excluding carboxylic acids is 1. The molecule has 2 aliphatic heterocycles. The van der Waals surface area contributed by atoms with Crippen LogP contribution in [0.3, 0.4) is 0 Å². The average molecular weight is 521 g/mol. The molecule has 180 valence electrons. The van der Waals surface area contributed by atoms with Gasteiger partial charge in [-0.2, -0.15) is 0 Å². The number of rotatable bonds is 6. The molecule has 0 spiro atoms. The fourth-order valence-corrected chi connectivity index (χ4v) is 5.57. The molecule has 2 aromatic rings.